The Balaban J connectivity index is 0.928. The van der Waals surface area contributed by atoms with Gasteiger partial charge in [0.15, 0.2) is 0 Å². The van der Waals surface area contributed by atoms with E-state index in [-0.39, 0.29) is 0 Å². The predicted octanol–water partition coefficient (Wildman–Crippen LogP) is 17.2. The third-order valence-electron chi connectivity index (χ3n) is 12.1. The third-order valence-corrected chi connectivity index (χ3v) is 13.2. The maximum absolute atomic E-state index is 6.25. The topological polar surface area (TPSA) is 16.4 Å². The quantitative estimate of drug-likeness (QED) is 0.160. The molecule has 0 fully saturated rings. The zero-order valence-corrected chi connectivity index (χ0v) is 33.9. The van der Waals surface area contributed by atoms with E-state index in [4.69, 9.17) is 4.42 Å². The molecule has 10 aromatic carbocycles. The van der Waals surface area contributed by atoms with Crippen LogP contribution in [0.5, 0.6) is 0 Å². The van der Waals surface area contributed by atoms with Crippen LogP contribution in [0.4, 0.5) is 17.1 Å². The van der Waals surface area contributed by atoms with Crippen LogP contribution < -0.4 is 4.90 Å². The lowest BCUT2D eigenvalue weighted by molar-refractivity contribution is 0.669. The minimum Gasteiger partial charge on any atom is -0.456 e. The Labute approximate surface area is 357 Å². The van der Waals surface area contributed by atoms with Gasteiger partial charge in [-0.2, -0.15) is 0 Å². The largest absolute Gasteiger partial charge is 0.456 e. The molecule has 0 atom stereocenters. The molecule has 0 aliphatic heterocycles. The molecule has 12 rings (SSSR count). The molecule has 12 aromatic rings. The molecule has 0 aliphatic carbocycles. The van der Waals surface area contributed by atoms with E-state index in [0.717, 1.165) is 50.1 Å². The van der Waals surface area contributed by atoms with Gasteiger partial charge in [0.25, 0.3) is 0 Å². The number of hydrogen-bond acceptors (Lipinski definition) is 3. The molecule has 3 heteroatoms. The summed E-state index contributed by atoms with van der Waals surface area (Å²) in [6.45, 7) is 0. The molecule has 2 aromatic heterocycles. The molecular weight excluding hydrogens is 759 g/mol. The highest BCUT2D eigenvalue weighted by Crippen LogP contribution is 2.42. The molecular formula is C58H37NOS. The summed E-state index contributed by atoms with van der Waals surface area (Å²) in [7, 11) is 0. The zero-order valence-electron chi connectivity index (χ0n) is 33.1. The number of para-hydroxylation sites is 1. The Bertz CT molecular complexity index is 3570. The van der Waals surface area contributed by atoms with Crippen molar-refractivity contribution in [2.45, 2.75) is 0 Å². The highest BCUT2D eigenvalue weighted by molar-refractivity contribution is 7.25. The molecule has 286 valence electrons. The lowest BCUT2D eigenvalue weighted by Gasteiger charge is -2.26. The summed E-state index contributed by atoms with van der Waals surface area (Å²) in [5.74, 6) is 0. The Kier molecular flexibility index (Phi) is 8.39. The van der Waals surface area contributed by atoms with Gasteiger partial charge in [-0.25, -0.2) is 0 Å². The number of fused-ring (bicyclic) bond motifs is 7. The van der Waals surface area contributed by atoms with Gasteiger partial charge in [-0.15, -0.1) is 11.3 Å². The molecule has 0 unspecified atom stereocenters. The molecule has 0 radical (unpaired) electrons. The Morgan fingerprint density at radius 3 is 1.67 bits per heavy atom. The minimum absolute atomic E-state index is 0.901. The second kappa shape index (κ2) is 14.5. The minimum atomic E-state index is 0.901. The molecule has 0 aliphatic rings. The average molecular weight is 796 g/mol. The van der Waals surface area contributed by atoms with Crippen molar-refractivity contribution in [2.75, 3.05) is 4.90 Å². The highest BCUT2D eigenvalue weighted by atomic mass is 32.1. The average Bonchev–Trinajstić information content (AvgIpc) is 3.90. The van der Waals surface area contributed by atoms with Crippen molar-refractivity contribution in [1.82, 2.24) is 0 Å². The molecule has 0 amide bonds. The lowest BCUT2D eigenvalue weighted by atomic mass is 9.96. The summed E-state index contributed by atoms with van der Waals surface area (Å²) in [6, 6.07) is 81.2. The number of anilines is 3. The normalized spacial score (nSPS) is 11.6. The van der Waals surface area contributed by atoms with E-state index < -0.39 is 0 Å². The van der Waals surface area contributed by atoms with E-state index in [2.05, 4.69) is 217 Å². The van der Waals surface area contributed by atoms with Crippen LogP contribution in [0.2, 0.25) is 0 Å². The van der Waals surface area contributed by atoms with Crippen LogP contribution in [-0.2, 0) is 0 Å². The molecule has 61 heavy (non-hydrogen) atoms. The van der Waals surface area contributed by atoms with Crippen molar-refractivity contribution >= 4 is 81.3 Å². The van der Waals surface area contributed by atoms with Crippen LogP contribution in [0.15, 0.2) is 229 Å². The standard InChI is InChI=1S/C58H37NOS/c1-2-14-48-40(10-1)11-8-17-49(48)41-24-22-38(23-25-41)39-26-31-45(32-27-39)59(46-33-28-42(29-34-46)50-18-9-20-55-58(50)53-16-3-5-19-54(53)60-55)47-13-7-12-43(36-47)44-30-35-52-51-15-4-6-21-56(51)61-57(52)37-44/h1-37H. The first kappa shape index (κ1) is 35.2. The van der Waals surface area contributed by atoms with Crippen molar-refractivity contribution in [3.05, 3.63) is 224 Å². The Hall–Kier alpha value is -7.72. The first-order chi connectivity index (χ1) is 30.2. The van der Waals surface area contributed by atoms with Crippen molar-refractivity contribution < 1.29 is 4.42 Å². The summed E-state index contributed by atoms with van der Waals surface area (Å²) in [4.78, 5) is 2.37. The molecule has 0 spiro atoms. The Morgan fingerprint density at radius 2 is 0.852 bits per heavy atom. The van der Waals surface area contributed by atoms with Crippen LogP contribution in [0.1, 0.15) is 0 Å². The monoisotopic (exact) mass is 795 g/mol. The van der Waals surface area contributed by atoms with Gasteiger partial charge in [0.2, 0.25) is 0 Å². The van der Waals surface area contributed by atoms with Crippen LogP contribution in [0.3, 0.4) is 0 Å². The number of benzene rings is 10. The van der Waals surface area contributed by atoms with Crippen molar-refractivity contribution in [2.24, 2.45) is 0 Å². The van der Waals surface area contributed by atoms with Gasteiger partial charge in [0, 0.05) is 48.0 Å². The molecule has 0 saturated carbocycles. The van der Waals surface area contributed by atoms with E-state index in [1.165, 1.54) is 64.3 Å². The summed E-state index contributed by atoms with van der Waals surface area (Å²) in [5.41, 5.74) is 14.6. The van der Waals surface area contributed by atoms with Gasteiger partial charge in [-0.05, 0) is 116 Å². The molecule has 0 bridgehead atoms. The SMILES string of the molecule is c1cc(-c2ccc3c(c2)sc2ccccc23)cc(N(c2ccc(-c3ccc(-c4cccc5ccccc45)cc3)cc2)c2ccc(-c3cccc4oc5ccccc5c34)cc2)c1. The molecule has 0 N–H and O–H groups in total. The van der Waals surface area contributed by atoms with E-state index in [1.54, 1.807) is 0 Å². The summed E-state index contributed by atoms with van der Waals surface area (Å²) >= 11 is 1.86. The van der Waals surface area contributed by atoms with Gasteiger partial charge >= 0.3 is 0 Å². The van der Waals surface area contributed by atoms with Crippen molar-refractivity contribution in [3.63, 3.8) is 0 Å². The van der Waals surface area contributed by atoms with E-state index in [9.17, 15) is 0 Å². The van der Waals surface area contributed by atoms with Crippen molar-refractivity contribution in [1.29, 1.82) is 0 Å². The second-order valence-corrected chi connectivity index (χ2v) is 16.8. The van der Waals surface area contributed by atoms with Crippen LogP contribution in [0, 0.1) is 0 Å². The fraction of sp³-hybridized carbons (Fsp3) is 0. The fourth-order valence-electron chi connectivity index (χ4n) is 9.10. The van der Waals surface area contributed by atoms with Crippen LogP contribution in [-0.4, -0.2) is 0 Å². The van der Waals surface area contributed by atoms with Gasteiger partial charge in [0.05, 0.1) is 0 Å². The third kappa shape index (κ3) is 6.18. The number of thiophene rings is 1. The molecule has 2 heterocycles. The number of nitrogens with zero attached hydrogens (tertiary/aromatic N) is 1. The predicted molar refractivity (Wildman–Crippen MR) is 261 cm³/mol. The zero-order chi connectivity index (χ0) is 40.3. The number of furan rings is 1. The van der Waals surface area contributed by atoms with Crippen molar-refractivity contribution in [3.8, 4) is 44.5 Å². The van der Waals surface area contributed by atoms with E-state index in [1.807, 2.05) is 23.5 Å². The first-order valence-electron chi connectivity index (χ1n) is 20.7. The Morgan fingerprint density at radius 1 is 0.311 bits per heavy atom. The van der Waals surface area contributed by atoms with Crippen LogP contribution in [0.25, 0.3) is 97.4 Å². The maximum Gasteiger partial charge on any atom is 0.136 e. The van der Waals surface area contributed by atoms with Gasteiger partial charge < -0.3 is 9.32 Å². The van der Waals surface area contributed by atoms with E-state index in [0.29, 0.717) is 0 Å². The summed E-state index contributed by atoms with van der Waals surface area (Å²) < 4.78 is 8.88. The highest BCUT2D eigenvalue weighted by Gasteiger charge is 2.17. The summed E-state index contributed by atoms with van der Waals surface area (Å²) in [5, 5.41) is 7.43. The smallest absolute Gasteiger partial charge is 0.136 e. The second-order valence-electron chi connectivity index (χ2n) is 15.7. The van der Waals surface area contributed by atoms with Gasteiger partial charge in [-0.3, -0.25) is 0 Å². The van der Waals surface area contributed by atoms with Crippen LogP contribution >= 0.6 is 11.3 Å². The molecule has 0 saturated heterocycles. The lowest BCUT2D eigenvalue weighted by Crippen LogP contribution is -2.10. The molecule has 2 nitrogen and oxygen atoms in total. The fourth-order valence-corrected chi connectivity index (χ4v) is 10.3. The van der Waals surface area contributed by atoms with Gasteiger partial charge in [-0.1, -0.05) is 164 Å². The summed E-state index contributed by atoms with van der Waals surface area (Å²) in [6.07, 6.45) is 0. The van der Waals surface area contributed by atoms with Gasteiger partial charge in [0.1, 0.15) is 11.2 Å². The first-order valence-corrected chi connectivity index (χ1v) is 21.5. The number of rotatable bonds is 7. The van der Waals surface area contributed by atoms with E-state index >= 15 is 0 Å². The number of hydrogen-bond donors (Lipinski definition) is 0. The maximum atomic E-state index is 6.25.